The maximum absolute atomic E-state index is 13.6. The van der Waals surface area contributed by atoms with Gasteiger partial charge in [-0.2, -0.15) is 5.26 Å². The van der Waals surface area contributed by atoms with Crippen LogP contribution in [0.2, 0.25) is 0 Å². The highest BCUT2D eigenvalue weighted by molar-refractivity contribution is 5.99. The van der Waals surface area contributed by atoms with E-state index in [2.05, 4.69) is 21.7 Å². The van der Waals surface area contributed by atoms with Gasteiger partial charge in [0.25, 0.3) is 5.91 Å². The van der Waals surface area contributed by atoms with Crippen LogP contribution in [0.25, 0.3) is 11.3 Å². The summed E-state index contributed by atoms with van der Waals surface area (Å²) in [5.41, 5.74) is 14.4. The van der Waals surface area contributed by atoms with E-state index in [1.165, 1.54) is 12.1 Å². The van der Waals surface area contributed by atoms with Crippen molar-refractivity contribution in [1.29, 1.82) is 5.26 Å². The number of hydrogen-bond acceptors (Lipinski definition) is 7. The Morgan fingerprint density at radius 3 is 2.73 bits per heavy atom. The van der Waals surface area contributed by atoms with E-state index >= 15 is 0 Å². The Hall–Kier alpha value is -4.33. The minimum absolute atomic E-state index is 0.124. The summed E-state index contributed by atoms with van der Waals surface area (Å²) in [6.07, 6.45) is 2.50. The molecule has 0 radical (unpaired) electrons. The van der Waals surface area contributed by atoms with Crippen molar-refractivity contribution in [1.82, 2.24) is 15.2 Å². The van der Waals surface area contributed by atoms with Crippen LogP contribution in [0.5, 0.6) is 0 Å². The molecule has 2 heterocycles. The van der Waals surface area contributed by atoms with Crippen molar-refractivity contribution in [3.05, 3.63) is 83.2 Å². The molecule has 1 aliphatic rings. The number of nitrogens with one attached hydrogen (secondary N) is 2. The number of nitriles is 1. The highest BCUT2D eigenvalue weighted by atomic mass is 19.1. The largest absolute Gasteiger partial charge is 0.369 e. The first-order valence-electron chi connectivity index (χ1n) is 13.4. The van der Waals surface area contributed by atoms with Gasteiger partial charge in [-0.25, -0.2) is 9.37 Å². The number of rotatable bonds is 12. The number of anilines is 1. The Morgan fingerprint density at radius 2 is 2.00 bits per heavy atom. The predicted molar refractivity (Wildman–Crippen MR) is 152 cm³/mol. The number of hydrogen-bond donors (Lipinski definition) is 4. The highest BCUT2D eigenvalue weighted by Crippen LogP contribution is 2.25. The molecule has 1 saturated heterocycles. The molecule has 0 spiro atoms. The van der Waals surface area contributed by atoms with E-state index in [0.29, 0.717) is 67.1 Å². The predicted octanol–water partition coefficient (Wildman–Crippen LogP) is 2.81. The molecule has 9 nitrogen and oxygen atoms in total. The Bertz CT molecular complexity index is 1390. The minimum atomic E-state index is -0.594. The van der Waals surface area contributed by atoms with Crippen LogP contribution in [-0.4, -0.2) is 60.0 Å². The second-order valence-corrected chi connectivity index (χ2v) is 9.78. The third kappa shape index (κ3) is 7.00. The maximum atomic E-state index is 13.6. The van der Waals surface area contributed by atoms with Crippen LogP contribution in [0.4, 0.5) is 10.2 Å². The van der Waals surface area contributed by atoms with Crippen LogP contribution in [0, 0.1) is 17.1 Å². The van der Waals surface area contributed by atoms with Crippen molar-refractivity contribution >= 4 is 17.6 Å². The summed E-state index contributed by atoms with van der Waals surface area (Å²) >= 11 is 0. The molecule has 40 heavy (non-hydrogen) atoms. The molecule has 0 bridgehead atoms. The molecular formula is C30H34FN7O2. The van der Waals surface area contributed by atoms with Crippen molar-refractivity contribution < 1.29 is 14.0 Å². The summed E-state index contributed by atoms with van der Waals surface area (Å²) < 4.78 is 13.6. The number of pyridine rings is 1. The number of nitrogens with two attached hydrogens (primary N) is 2. The number of aromatic nitrogens is 1. The zero-order chi connectivity index (χ0) is 28.5. The molecule has 4 rings (SSSR count). The number of nitrogens with zero attached hydrogens (tertiary/aromatic N) is 3. The number of amides is 2. The highest BCUT2D eigenvalue weighted by Gasteiger charge is 2.34. The van der Waals surface area contributed by atoms with Crippen LogP contribution in [0.1, 0.15) is 40.7 Å². The maximum Gasteiger partial charge on any atom is 0.255 e. The van der Waals surface area contributed by atoms with E-state index in [4.69, 9.17) is 11.5 Å². The molecule has 6 N–H and O–H groups in total. The molecule has 10 heteroatoms. The van der Waals surface area contributed by atoms with Gasteiger partial charge in [-0.15, -0.1) is 0 Å². The molecule has 3 aromatic rings. The van der Waals surface area contributed by atoms with Crippen LogP contribution in [-0.2, 0) is 11.2 Å². The fourth-order valence-electron chi connectivity index (χ4n) is 4.67. The summed E-state index contributed by atoms with van der Waals surface area (Å²) in [5, 5.41) is 15.7. The van der Waals surface area contributed by atoms with Crippen LogP contribution < -0.4 is 22.1 Å². The molecule has 2 aromatic carbocycles. The first-order chi connectivity index (χ1) is 19.4. The molecule has 0 unspecified atom stereocenters. The van der Waals surface area contributed by atoms with Crippen molar-refractivity contribution in [3.8, 4) is 17.3 Å². The first-order valence-corrected chi connectivity index (χ1v) is 13.4. The van der Waals surface area contributed by atoms with Gasteiger partial charge in [0.15, 0.2) is 0 Å². The lowest BCUT2D eigenvalue weighted by atomic mass is 10.00. The lowest BCUT2D eigenvalue weighted by molar-refractivity contribution is -0.140. The van der Waals surface area contributed by atoms with Crippen LogP contribution in [0.15, 0.2) is 60.7 Å². The summed E-state index contributed by atoms with van der Waals surface area (Å²) in [4.78, 5) is 32.3. The lowest BCUT2D eigenvalue weighted by Crippen LogP contribution is -2.59. The Labute approximate surface area is 233 Å². The number of benzene rings is 2. The average Bonchev–Trinajstić information content (AvgIpc) is 2.95. The molecule has 208 valence electrons. The number of halogens is 1. The Balaban J connectivity index is 1.48. The fourth-order valence-corrected chi connectivity index (χ4v) is 4.67. The number of carbonyl (C=O) groups excluding carboxylic acids is 2. The molecule has 2 atom stereocenters. The minimum Gasteiger partial charge on any atom is -0.369 e. The van der Waals surface area contributed by atoms with Gasteiger partial charge in [0.2, 0.25) is 5.91 Å². The second-order valence-electron chi connectivity index (χ2n) is 9.78. The van der Waals surface area contributed by atoms with E-state index < -0.39 is 6.04 Å². The van der Waals surface area contributed by atoms with Gasteiger partial charge in [-0.1, -0.05) is 30.3 Å². The molecule has 0 saturated carbocycles. The lowest BCUT2D eigenvalue weighted by Gasteiger charge is -2.42. The van der Waals surface area contributed by atoms with E-state index in [1.807, 2.05) is 12.1 Å². The molecule has 1 aliphatic heterocycles. The van der Waals surface area contributed by atoms with Crippen molar-refractivity contribution in [2.45, 2.75) is 37.8 Å². The van der Waals surface area contributed by atoms with E-state index in [1.54, 1.807) is 41.3 Å². The molecule has 2 amide bonds. The number of carbonyl (C=O) groups is 2. The van der Waals surface area contributed by atoms with Gasteiger partial charge in [-0.3, -0.25) is 9.59 Å². The molecule has 1 fully saturated rings. The van der Waals surface area contributed by atoms with Gasteiger partial charge in [0.1, 0.15) is 11.6 Å². The van der Waals surface area contributed by atoms with E-state index in [-0.39, 0.29) is 30.2 Å². The summed E-state index contributed by atoms with van der Waals surface area (Å²) in [7, 11) is 0. The van der Waals surface area contributed by atoms with Gasteiger partial charge < -0.3 is 27.0 Å². The summed E-state index contributed by atoms with van der Waals surface area (Å²) in [6.45, 7) is 1.78. The van der Waals surface area contributed by atoms with Gasteiger partial charge in [0.05, 0.1) is 35.0 Å². The molecule has 0 aliphatic carbocycles. The zero-order valence-electron chi connectivity index (χ0n) is 22.3. The van der Waals surface area contributed by atoms with Crippen LogP contribution in [0.3, 0.4) is 0 Å². The van der Waals surface area contributed by atoms with Gasteiger partial charge in [0, 0.05) is 25.2 Å². The van der Waals surface area contributed by atoms with Crippen molar-refractivity contribution in [3.63, 3.8) is 0 Å². The normalized spacial score (nSPS) is 15.1. The zero-order valence-corrected chi connectivity index (χ0v) is 22.3. The van der Waals surface area contributed by atoms with Gasteiger partial charge in [-0.05, 0) is 68.1 Å². The SMILES string of the molecule is N#Cc1ccccc1-c1ccc(C(=O)NC[C@H]2CCN2C(=O)[C@@H](N)CCCN)c(NCCc2cccc(F)c2)n1. The fraction of sp³-hybridized carbons (Fsp3) is 0.333. The van der Waals surface area contributed by atoms with Crippen molar-refractivity contribution in [2.24, 2.45) is 11.5 Å². The van der Waals surface area contributed by atoms with E-state index in [9.17, 15) is 19.2 Å². The summed E-state index contributed by atoms with van der Waals surface area (Å²) in [5.74, 6) is -0.424. The third-order valence-corrected chi connectivity index (χ3v) is 7.02. The third-order valence-electron chi connectivity index (χ3n) is 7.02. The van der Waals surface area contributed by atoms with Crippen molar-refractivity contribution in [2.75, 3.05) is 31.5 Å². The Morgan fingerprint density at radius 1 is 1.18 bits per heavy atom. The first kappa shape index (κ1) is 28.7. The smallest absolute Gasteiger partial charge is 0.255 e. The average molecular weight is 544 g/mol. The standard InChI is InChI=1S/C30H34FN7O2/c31-22-7-3-5-20(17-22)12-15-35-28-25(10-11-27(37-28)24-8-2-1-6-21(24)18-33)29(39)36-19-23-13-16-38(23)30(40)26(34)9-4-14-32/h1-3,5-8,10-11,17,23,26H,4,9,12-16,19,32,34H2,(H,35,37)(H,36,39)/t23-,26+/m1/s1. The molecule has 1 aromatic heterocycles. The monoisotopic (exact) mass is 543 g/mol. The van der Waals surface area contributed by atoms with Crippen LogP contribution >= 0.6 is 0 Å². The molecular weight excluding hydrogens is 509 g/mol. The number of likely N-dealkylation sites (tertiary alicyclic amines) is 1. The van der Waals surface area contributed by atoms with E-state index in [0.717, 1.165) is 12.0 Å². The quantitative estimate of drug-likeness (QED) is 0.274. The van der Waals surface area contributed by atoms with Gasteiger partial charge >= 0.3 is 0 Å². The Kier molecular flexibility index (Phi) is 9.78. The summed E-state index contributed by atoms with van der Waals surface area (Å²) in [6, 6.07) is 18.3. The second kappa shape index (κ2) is 13.6. The topological polar surface area (TPSA) is 150 Å².